The monoisotopic (exact) mass is 192 g/mol. The summed E-state index contributed by atoms with van der Waals surface area (Å²) in [6, 6.07) is 6.37. The molecule has 0 atom stereocenters. The van der Waals surface area contributed by atoms with Gasteiger partial charge in [0.25, 0.3) is 0 Å². The number of halogens is 1. The van der Waals surface area contributed by atoms with Gasteiger partial charge in [0.05, 0.1) is 0 Å². The molecule has 0 aliphatic rings. The minimum absolute atomic E-state index is 0.175. The van der Waals surface area contributed by atoms with Crippen molar-refractivity contribution < 1.29 is 9.18 Å². The summed E-state index contributed by atoms with van der Waals surface area (Å²) < 4.78 is 12.7. The van der Waals surface area contributed by atoms with E-state index >= 15 is 0 Å². The Morgan fingerprint density at radius 2 is 2.29 bits per heavy atom. The number of benzene rings is 1. The maximum atomic E-state index is 12.7. The molecule has 0 saturated heterocycles. The predicted octanol–water partition coefficient (Wildman–Crippen LogP) is 3.21. The average molecular weight is 192 g/mol. The normalized spacial score (nSPS) is 10.7. The van der Waals surface area contributed by atoms with Gasteiger partial charge in [0, 0.05) is 6.42 Å². The molecule has 0 heterocycles. The Morgan fingerprint density at radius 3 is 2.93 bits per heavy atom. The zero-order chi connectivity index (χ0) is 10.4. The van der Waals surface area contributed by atoms with Crippen molar-refractivity contribution in [2.75, 3.05) is 0 Å². The molecule has 0 saturated carbocycles. The zero-order valence-corrected chi connectivity index (χ0v) is 8.16. The van der Waals surface area contributed by atoms with Gasteiger partial charge in [0.15, 0.2) is 0 Å². The Kier molecular flexibility index (Phi) is 4.05. The highest BCUT2D eigenvalue weighted by Gasteiger charge is 1.91. The molecular formula is C12H13FO. The lowest BCUT2D eigenvalue weighted by molar-refractivity contribution is -0.116. The van der Waals surface area contributed by atoms with Crippen LogP contribution in [0.3, 0.4) is 0 Å². The summed E-state index contributed by atoms with van der Waals surface area (Å²) in [6.45, 7) is 1.57. The van der Waals surface area contributed by atoms with E-state index in [1.807, 2.05) is 18.2 Å². The summed E-state index contributed by atoms with van der Waals surface area (Å²) in [5.74, 6) is -0.0624. The molecule has 0 amide bonds. The van der Waals surface area contributed by atoms with Crippen LogP contribution >= 0.6 is 0 Å². The van der Waals surface area contributed by atoms with E-state index in [1.165, 1.54) is 12.1 Å². The van der Waals surface area contributed by atoms with Gasteiger partial charge in [-0.2, -0.15) is 0 Å². The van der Waals surface area contributed by atoms with Gasteiger partial charge in [-0.25, -0.2) is 4.39 Å². The van der Waals surface area contributed by atoms with E-state index in [2.05, 4.69) is 0 Å². The molecule has 1 rings (SSSR count). The summed E-state index contributed by atoms with van der Waals surface area (Å²) >= 11 is 0. The second-order valence-corrected chi connectivity index (χ2v) is 3.20. The maximum absolute atomic E-state index is 12.7. The molecule has 0 aliphatic heterocycles. The van der Waals surface area contributed by atoms with E-state index in [9.17, 15) is 9.18 Å². The molecule has 1 aromatic rings. The number of rotatable bonds is 4. The number of carbonyl (C=O) groups is 1. The Labute approximate surface area is 83.3 Å². The van der Waals surface area contributed by atoms with Crippen molar-refractivity contribution in [1.29, 1.82) is 0 Å². The lowest BCUT2D eigenvalue weighted by atomic mass is 10.1. The van der Waals surface area contributed by atoms with E-state index in [-0.39, 0.29) is 11.6 Å². The van der Waals surface area contributed by atoms with Gasteiger partial charge in [-0.3, -0.25) is 0 Å². The van der Waals surface area contributed by atoms with E-state index in [1.54, 1.807) is 13.0 Å². The molecule has 0 radical (unpaired) electrons. The van der Waals surface area contributed by atoms with Crippen molar-refractivity contribution in [1.82, 2.24) is 0 Å². The zero-order valence-electron chi connectivity index (χ0n) is 8.16. The molecule has 0 bridgehead atoms. The Bertz CT molecular complexity index is 342. The standard InChI is InChI=1S/C12H13FO/c1-10(14)5-2-3-6-11-7-4-8-12(13)9-11/h3-4,6-9H,2,5H2,1H3/b6-3+. The molecular weight excluding hydrogens is 179 g/mol. The molecule has 0 unspecified atom stereocenters. The van der Waals surface area contributed by atoms with Crippen molar-refractivity contribution in [3.63, 3.8) is 0 Å². The average Bonchev–Trinajstić information content (AvgIpc) is 2.12. The van der Waals surface area contributed by atoms with E-state index in [0.29, 0.717) is 12.8 Å². The van der Waals surface area contributed by atoms with Crippen LogP contribution in [0.1, 0.15) is 25.3 Å². The first kappa shape index (κ1) is 10.6. The van der Waals surface area contributed by atoms with Gasteiger partial charge in [-0.15, -0.1) is 0 Å². The minimum Gasteiger partial charge on any atom is -0.300 e. The van der Waals surface area contributed by atoms with Crippen LogP contribution in [-0.4, -0.2) is 5.78 Å². The van der Waals surface area contributed by atoms with Crippen LogP contribution in [0, 0.1) is 5.82 Å². The Balaban J connectivity index is 2.47. The van der Waals surface area contributed by atoms with Gasteiger partial charge in [-0.1, -0.05) is 24.3 Å². The largest absolute Gasteiger partial charge is 0.300 e. The highest BCUT2D eigenvalue weighted by atomic mass is 19.1. The Hall–Kier alpha value is -1.44. The third-order valence-electron chi connectivity index (χ3n) is 1.82. The van der Waals surface area contributed by atoms with Crippen LogP contribution in [-0.2, 0) is 4.79 Å². The van der Waals surface area contributed by atoms with E-state index in [0.717, 1.165) is 5.56 Å². The van der Waals surface area contributed by atoms with E-state index in [4.69, 9.17) is 0 Å². The van der Waals surface area contributed by atoms with Crippen molar-refractivity contribution in [3.05, 3.63) is 41.7 Å². The molecule has 1 nitrogen and oxygen atoms in total. The van der Waals surface area contributed by atoms with Crippen LogP contribution in [0.4, 0.5) is 4.39 Å². The van der Waals surface area contributed by atoms with Gasteiger partial charge < -0.3 is 4.79 Å². The molecule has 0 N–H and O–H groups in total. The quantitative estimate of drug-likeness (QED) is 0.715. The van der Waals surface area contributed by atoms with Gasteiger partial charge in [-0.05, 0) is 31.0 Å². The smallest absolute Gasteiger partial charge is 0.130 e. The fraction of sp³-hybridized carbons (Fsp3) is 0.250. The van der Waals surface area contributed by atoms with Gasteiger partial charge in [0.1, 0.15) is 11.6 Å². The molecule has 74 valence electrons. The summed E-state index contributed by atoms with van der Waals surface area (Å²) in [4.78, 5) is 10.6. The van der Waals surface area contributed by atoms with Crippen molar-refractivity contribution in [3.8, 4) is 0 Å². The topological polar surface area (TPSA) is 17.1 Å². The first-order chi connectivity index (χ1) is 6.68. The lowest BCUT2D eigenvalue weighted by Gasteiger charge is -1.93. The molecule has 0 aromatic heterocycles. The fourth-order valence-electron chi connectivity index (χ4n) is 1.12. The minimum atomic E-state index is -0.237. The first-order valence-electron chi connectivity index (χ1n) is 4.60. The summed E-state index contributed by atoms with van der Waals surface area (Å²) in [6.07, 6.45) is 4.97. The molecule has 0 fully saturated rings. The number of hydrogen-bond acceptors (Lipinski definition) is 1. The molecule has 1 aromatic carbocycles. The number of ketones is 1. The highest BCUT2D eigenvalue weighted by Crippen LogP contribution is 2.06. The summed E-state index contributed by atoms with van der Waals surface area (Å²) in [7, 11) is 0. The molecule has 0 spiro atoms. The second kappa shape index (κ2) is 5.32. The van der Waals surface area contributed by atoms with Gasteiger partial charge in [0.2, 0.25) is 0 Å². The number of hydrogen-bond donors (Lipinski definition) is 0. The number of Topliss-reactive ketones (excluding diaryl/α,β-unsaturated/α-hetero) is 1. The number of allylic oxidation sites excluding steroid dienone is 1. The lowest BCUT2D eigenvalue weighted by Crippen LogP contribution is -1.86. The van der Waals surface area contributed by atoms with Crippen molar-refractivity contribution >= 4 is 11.9 Å². The van der Waals surface area contributed by atoms with Crippen LogP contribution in [0.15, 0.2) is 30.3 Å². The molecule has 14 heavy (non-hydrogen) atoms. The van der Waals surface area contributed by atoms with Crippen LogP contribution in [0.5, 0.6) is 0 Å². The number of carbonyl (C=O) groups excluding carboxylic acids is 1. The van der Waals surface area contributed by atoms with Crippen LogP contribution < -0.4 is 0 Å². The molecule has 0 aliphatic carbocycles. The van der Waals surface area contributed by atoms with Crippen LogP contribution in [0.2, 0.25) is 0 Å². The van der Waals surface area contributed by atoms with Gasteiger partial charge >= 0.3 is 0 Å². The summed E-state index contributed by atoms with van der Waals surface area (Å²) in [5, 5.41) is 0. The first-order valence-corrected chi connectivity index (χ1v) is 4.60. The van der Waals surface area contributed by atoms with Crippen molar-refractivity contribution in [2.24, 2.45) is 0 Å². The SMILES string of the molecule is CC(=O)CC/C=C/c1cccc(F)c1. The highest BCUT2D eigenvalue weighted by molar-refractivity contribution is 5.75. The predicted molar refractivity (Wildman–Crippen MR) is 55.3 cm³/mol. The third kappa shape index (κ3) is 3.99. The summed E-state index contributed by atoms with van der Waals surface area (Å²) in [5.41, 5.74) is 0.827. The van der Waals surface area contributed by atoms with E-state index < -0.39 is 0 Å². The maximum Gasteiger partial charge on any atom is 0.130 e. The Morgan fingerprint density at radius 1 is 1.50 bits per heavy atom. The third-order valence-corrected chi connectivity index (χ3v) is 1.82. The van der Waals surface area contributed by atoms with Crippen LogP contribution in [0.25, 0.3) is 6.08 Å². The fourth-order valence-corrected chi connectivity index (χ4v) is 1.12. The second-order valence-electron chi connectivity index (χ2n) is 3.20. The molecule has 2 heteroatoms. The van der Waals surface area contributed by atoms with Crippen molar-refractivity contribution in [2.45, 2.75) is 19.8 Å².